The van der Waals surface area contributed by atoms with Crippen LogP contribution < -0.4 is 4.90 Å². The number of hydrogen-bond acceptors (Lipinski definition) is 3. The number of nitrogens with zero attached hydrogens (tertiary/aromatic N) is 3. The number of carbonyl (C=O) groups is 2. The average molecular weight is 374 g/mol. The van der Waals surface area contributed by atoms with Gasteiger partial charge in [-0.05, 0) is 48.7 Å². The third-order valence-corrected chi connectivity index (χ3v) is 4.78. The maximum Gasteiger partial charge on any atom is 0.224 e. The van der Waals surface area contributed by atoms with E-state index in [1.807, 2.05) is 31.2 Å². The Kier molecular flexibility index (Phi) is 7.16. The number of likely N-dealkylation sites (N-methyl/N-ethyl adjacent to an activating group) is 1. The summed E-state index contributed by atoms with van der Waals surface area (Å²) in [6, 6.07) is 9.33. The molecule has 2 amide bonds. The second-order valence-corrected chi connectivity index (χ2v) is 6.63. The molecule has 0 fully saturated rings. The number of amides is 2. The predicted octanol–water partition coefficient (Wildman–Crippen LogP) is 3.49. The number of rotatable bonds is 7. The molecule has 0 saturated heterocycles. The first-order chi connectivity index (χ1) is 12.4. The molecule has 0 radical (unpaired) electrons. The van der Waals surface area contributed by atoms with E-state index in [2.05, 4.69) is 4.98 Å². The zero-order valence-corrected chi connectivity index (χ0v) is 16.2. The van der Waals surface area contributed by atoms with Crippen molar-refractivity contribution in [3.63, 3.8) is 0 Å². The first-order valence-corrected chi connectivity index (χ1v) is 8.94. The lowest BCUT2D eigenvalue weighted by atomic mass is 10.1. The Labute approximate surface area is 159 Å². The van der Waals surface area contributed by atoms with Gasteiger partial charge in [0.25, 0.3) is 0 Å². The topological polar surface area (TPSA) is 53.5 Å². The molecule has 0 aliphatic carbocycles. The van der Waals surface area contributed by atoms with Crippen LogP contribution in [0.15, 0.2) is 42.7 Å². The van der Waals surface area contributed by atoms with Gasteiger partial charge in [0.2, 0.25) is 11.8 Å². The largest absolute Gasteiger partial charge is 0.345 e. The number of carbonyl (C=O) groups excluding carboxylic acids is 2. The van der Waals surface area contributed by atoms with Gasteiger partial charge in [-0.15, -0.1) is 0 Å². The molecule has 138 valence electrons. The highest BCUT2D eigenvalue weighted by atomic mass is 35.5. The monoisotopic (exact) mass is 373 g/mol. The maximum absolute atomic E-state index is 12.4. The van der Waals surface area contributed by atoms with E-state index in [0.29, 0.717) is 18.1 Å². The van der Waals surface area contributed by atoms with Gasteiger partial charge in [-0.3, -0.25) is 14.6 Å². The highest BCUT2D eigenvalue weighted by Crippen LogP contribution is 2.26. The minimum absolute atomic E-state index is 0.00462. The summed E-state index contributed by atoms with van der Waals surface area (Å²) in [4.78, 5) is 31.8. The zero-order chi connectivity index (χ0) is 19.1. The van der Waals surface area contributed by atoms with Crippen molar-refractivity contribution < 1.29 is 9.59 Å². The van der Waals surface area contributed by atoms with Gasteiger partial charge in [0.05, 0.1) is 0 Å². The number of pyridine rings is 1. The fourth-order valence-electron chi connectivity index (χ4n) is 2.71. The Morgan fingerprint density at radius 3 is 2.46 bits per heavy atom. The molecular formula is C20H24ClN3O2. The lowest BCUT2D eigenvalue weighted by Gasteiger charge is -2.25. The fraction of sp³-hybridized carbons (Fsp3) is 0.350. The van der Waals surface area contributed by atoms with E-state index in [-0.39, 0.29) is 18.2 Å². The summed E-state index contributed by atoms with van der Waals surface area (Å²) < 4.78 is 0. The van der Waals surface area contributed by atoms with Crippen LogP contribution in [-0.2, 0) is 16.0 Å². The van der Waals surface area contributed by atoms with Crippen LogP contribution in [-0.4, -0.2) is 41.8 Å². The van der Waals surface area contributed by atoms with Crippen LogP contribution in [0.25, 0.3) is 0 Å². The molecule has 0 aliphatic rings. The van der Waals surface area contributed by atoms with Gasteiger partial charge >= 0.3 is 0 Å². The van der Waals surface area contributed by atoms with Crippen molar-refractivity contribution in [2.75, 3.05) is 25.0 Å². The highest BCUT2D eigenvalue weighted by Gasteiger charge is 2.18. The molecule has 2 aromatic rings. The number of anilines is 1. The van der Waals surface area contributed by atoms with Crippen LogP contribution in [0.2, 0.25) is 5.02 Å². The molecule has 26 heavy (non-hydrogen) atoms. The summed E-state index contributed by atoms with van der Waals surface area (Å²) in [5, 5.41) is 0.606. The number of aromatic nitrogens is 1. The molecule has 0 spiro atoms. The van der Waals surface area contributed by atoms with Crippen LogP contribution in [0.1, 0.15) is 24.5 Å². The summed E-state index contributed by atoms with van der Waals surface area (Å²) in [7, 11) is 1.78. The molecule has 5 nitrogen and oxygen atoms in total. The van der Waals surface area contributed by atoms with Crippen molar-refractivity contribution in [2.24, 2.45) is 0 Å². The summed E-state index contributed by atoms with van der Waals surface area (Å²) in [5.41, 5.74) is 2.72. The molecule has 0 bridgehead atoms. The Morgan fingerprint density at radius 1 is 1.12 bits per heavy atom. The Bertz CT molecular complexity index is 765. The van der Waals surface area contributed by atoms with Crippen molar-refractivity contribution in [1.29, 1.82) is 0 Å². The van der Waals surface area contributed by atoms with Crippen LogP contribution in [0.5, 0.6) is 0 Å². The van der Waals surface area contributed by atoms with Gasteiger partial charge in [-0.2, -0.15) is 0 Å². The highest BCUT2D eigenvalue weighted by molar-refractivity contribution is 6.31. The van der Waals surface area contributed by atoms with Gasteiger partial charge in [-0.25, -0.2) is 0 Å². The molecule has 1 heterocycles. The van der Waals surface area contributed by atoms with Crippen molar-refractivity contribution in [3.05, 3.63) is 58.9 Å². The molecule has 0 aliphatic heterocycles. The summed E-state index contributed by atoms with van der Waals surface area (Å²) in [6.07, 6.45) is 4.53. The predicted molar refractivity (Wildman–Crippen MR) is 104 cm³/mol. The summed E-state index contributed by atoms with van der Waals surface area (Å²) in [6.45, 7) is 4.32. The standard InChI is InChI=1S/C20H24ClN3O2/c1-15-18(21)5-4-6-19(15)24(16(2)25)14-10-20(26)23(3)13-9-17-7-11-22-12-8-17/h4-8,11-12H,9-10,13-14H2,1-3H3. The smallest absolute Gasteiger partial charge is 0.224 e. The van der Waals surface area contributed by atoms with E-state index < -0.39 is 0 Å². The van der Waals surface area contributed by atoms with E-state index in [0.717, 1.165) is 23.2 Å². The van der Waals surface area contributed by atoms with Gasteiger partial charge in [0.15, 0.2) is 0 Å². The van der Waals surface area contributed by atoms with Crippen molar-refractivity contribution >= 4 is 29.1 Å². The van der Waals surface area contributed by atoms with E-state index >= 15 is 0 Å². The lowest BCUT2D eigenvalue weighted by molar-refractivity contribution is -0.129. The van der Waals surface area contributed by atoms with E-state index in [1.54, 1.807) is 35.3 Å². The van der Waals surface area contributed by atoms with Gasteiger partial charge in [0.1, 0.15) is 0 Å². The van der Waals surface area contributed by atoms with Crippen LogP contribution >= 0.6 is 11.6 Å². The third kappa shape index (κ3) is 5.30. The molecule has 1 aromatic carbocycles. The third-order valence-electron chi connectivity index (χ3n) is 4.37. The molecule has 0 unspecified atom stereocenters. The van der Waals surface area contributed by atoms with Gasteiger partial charge < -0.3 is 9.80 Å². The van der Waals surface area contributed by atoms with Crippen LogP contribution in [0.3, 0.4) is 0 Å². The second kappa shape index (κ2) is 9.34. The van der Waals surface area contributed by atoms with Crippen molar-refractivity contribution in [1.82, 2.24) is 9.88 Å². The Hall–Kier alpha value is -2.40. The first-order valence-electron chi connectivity index (χ1n) is 8.56. The summed E-state index contributed by atoms with van der Waals surface area (Å²) in [5.74, 6) is -0.104. The van der Waals surface area contributed by atoms with Gasteiger partial charge in [0, 0.05) is 56.6 Å². The van der Waals surface area contributed by atoms with E-state index in [4.69, 9.17) is 11.6 Å². The Morgan fingerprint density at radius 2 is 1.81 bits per heavy atom. The summed E-state index contributed by atoms with van der Waals surface area (Å²) >= 11 is 6.16. The normalized spacial score (nSPS) is 10.5. The molecule has 0 saturated carbocycles. The molecule has 2 rings (SSSR count). The molecule has 6 heteroatoms. The quantitative estimate of drug-likeness (QED) is 0.746. The SMILES string of the molecule is CC(=O)N(CCC(=O)N(C)CCc1ccncc1)c1cccc(Cl)c1C. The second-order valence-electron chi connectivity index (χ2n) is 6.23. The number of halogens is 1. The molecular weight excluding hydrogens is 350 g/mol. The number of hydrogen-bond donors (Lipinski definition) is 0. The van der Waals surface area contributed by atoms with Crippen LogP contribution in [0, 0.1) is 6.92 Å². The van der Waals surface area contributed by atoms with E-state index in [9.17, 15) is 9.59 Å². The van der Waals surface area contributed by atoms with Crippen LogP contribution in [0.4, 0.5) is 5.69 Å². The van der Waals surface area contributed by atoms with Crippen molar-refractivity contribution in [3.8, 4) is 0 Å². The molecule has 0 N–H and O–H groups in total. The average Bonchev–Trinajstić information content (AvgIpc) is 2.63. The molecule has 0 atom stereocenters. The maximum atomic E-state index is 12.4. The Balaban J connectivity index is 1.94. The zero-order valence-electron chi connectivity index (χ0n) is 15.4. The van der Waals surface area contributed by atoms with Crippen molar-refractivity contribution in [2.45, 2.75) is 26.7 Å². The lowest BCUT2D eigenvalue weighted by Crippen LogP contribution is -2.35. The number of benzene rings is 1. The first kappa shape index (κ1) is 19.9. The minimum atomic E-state index is -0.109. The molecule has 1 aromatic heterocycles. The fourth-order valence-corrected chi connectivity index (χ4v) is 2.87. The van der Waals surface area contributed by atoms with Gasteiger partial charge in [-0.1, -0.05) is 17.7 Å². The van der Waals surface area contributed by atoms with E-state index in [1.165, 1.54) is 6.92 Å². The minimum Gasteiger partial charge on any atom is -0.345 e.